The number of carbonyl (C=O) groups excluding carboxylic acids is 2. The largest absolute Gasteiger partial charge is 0.465 e. The van der Waals surface area contributed by atoms with Gasteiger partial charge in [-0.3, -0.25) is 9.69 Å². The molecule has 3 aromatic rings. The Hall–Kier alpha value is -3.13. The third-order valence-electron chi connectivity index (χ3n) is 4.28. The number of methoxy groups -OCH3 is 1. The van der Waals surface area contributed by atoms with E-state index < -0.39 is 17.7 Å². The maximum absolute atomic E-state index is 14.1. The summed E-state index contributed by atoms with van der Waals surface area (Å²) < 4.78 is 18.8. The summed E-state index contributed by atoms with van der Waals surface area (Å²) in [6, 6.07) is 12.7. The Bertz CT molecular complexity index is 1000. The van der Waals surface area contributed by atoms with E-state index in [0.717, 1.165) is 18.4 Å². The van der Waals surface area contributed by atoms with E-state index in [9.17, 15) is 14.0 Å². The standard InChI is InChI=1S/C21H20FN3O3S/c1-3-4-13-25(19(26)16-7-5-6-8-17(16)22)21-24-23-18(29-21)14-9-11-15(12-10-14)20(27)28-2/h5-12H,3-4,13H2,1-2H3. The fourth-order valence-electron chi connectivity index (χ4n) is 2.69. The van der Waals surface area contributed by atoms with E-state index in [1.807, 2.05) is 6.92 Å². The highest BCUT2D eigenvalue weighted by Crippen LogP contribution is 2.30. The van der Waals surface area contributed by atoms with Gasteiger partial charge in [-0.25, -0.2) is 9.18 Å². The van der Waals surface area contributed by atoms with Gasteiger partial charge in [-0.15, -0.1) is 10.2 Å². The van der Waals surface area contributed by atoms with Gasteiger partial charge < -0.3 is 4.74 Å². The van der Waals surface area contributed by atoms with Crippen molar-refractivity contribution in [1.29, 1.82) is 0 Å². The van der Waals surface area contributed by atoms with Crippen LogP contribution in [0.15, 0.2) is 48.5 Å². The number of unbranched alkanes of at least 4 members (excludes halogenated alkanes) is 1. The lowest BCUT2D eigenvalue weighted by molar-refractivity contribution is 0.0600. The zero-order valence-electron chi connectivity index (χ0n) is 16.1. The average molecular weight is 413 g/mol. The number of rotatable bonds is 7. The molecule has 0 saturated carbocycles. The molecule has 3 rings (SSSR count). The molecule has 0 N–H and O–H groups in total. The Balaban J connectivity index is 1.88. The Morgan fingerprint density at radius 2 is 1.83 bits per heavy atom. The highest BCUT2D eigenvalue weighted by atomic mass is 32.1. The molecule has 0 aliphatic heterocycles. The summed E-state index contributed by atoms with van der Waals surface area (Å²) >= 11 is 1.24. The van der Waals surface area contributed by atoms with Gasteiger partial charge in [0.25, 0.3) is 5.91 Å². The van der Waals surface area contributed by atoms with Crippen molar-refractivity contribution in [2.45, 2.75) is 19.8 Å². The number of amides is 1. The molecule has 6 nitrogen and oxygen atoms in total. The van der Waals surface area contributed by atoms with Gasteiger partial charge >= 0.3 is 5.97 Å². The average Bonchev–Trinajstić information content (AvgIpc) is 3.23. The Labute approximate surface area is 172 Å². The number of hydrogen-bond donors (Lipinski definition) is 0. The summed E-state index contributed by atoms with van der Waals surface area (Å²) in [6.07, 6.45) is 1.63. The molecule has 1 aromatic heterocycles. The van der Waals surface area contributed by atoms with E-state index in [0.29, 0.717) is 22.2 Å². The number of anilines is 1. The zero-order chi connectivity index (χ0) is 20.8. The van der Waals surface area contributed by atoms with Gasteiger partial charge in [-0.1, -0.05) is 48.9 Å². The van der Waals surface area contributed by atoms with Crippen molar-refractivity contribution in [2.75, 3.05) is 18.6 Å². The van der Waals surface area contributed by atoms with Gasteiger partial charge in [0, 0.05) is 12.1 Å². The molecular formula is C21H20FN3O3S. The topological polar surface area (TPSA) is 72.4 Å². The van der Waals surface area contributed by atoms with E-state index in [1.54, 1.807) is 36.4 Å². The minimum Gasteiger partial charge on any atom is -0.465 e. The third-order valence-corrected chi connectivity index (χ3v) is 5.28. The molecule has 0 aliphatic carbocycles. The van der Waals surface area contributed by atoms with Crippen LogP contribution in [-0.2, 0) is 4.74 Å². The number of hydrogen-bond acceptors (Lipinski definition) is 6. The van der Waals surface area contributed by atoms with Crippen LogP contribution in [0.4, 0.5) is 9.52 Å². The van der Waals surface area contributed by atoms with Crippen LogP contribution < -0.4 is 4.90 Å². The maximum atomic E-state index is 14.1. The Morgan fingerprint density at radius 3 is 2.48 bits per heavy atom. The van der Waals surface area contributed by atoms with Crippen molar-refractivity contribution < 1.29 is 18.7 Å². The lowest BCUT2D eigenvalue weighted by Crippen LogP contribution is -2.32. The second kappa shape index (κ2) is 9.38. The molecule has 8 heteroatoms. The minimum atomic E-state index is -0.567. The van der Waals surface area contributed by atoms with Crippen molar-refractivity contribution in [3.8, 4) is 10.6 Å². The lowest BCUT2D eigenvalue weighted by Gasteiger charge is -2.19. The first-order chi connectivity index (χ1) is 14.0. The second-order valence-electron chi connectivity index (χ2n) is 6.25. The molecule has 1 heterocycles. The minimum absolute atomic E-state index is 0.00258. The number of nitrogens with zero attached hydrogens (tertiary/aromatic N) is 3. The number of benzene rings is 2. The monoisotopic (exact) mass is 413 g/mol. The molecule has 0 fully saturated rings. The first-order valence-corrected chi connectivity index (χ1v) is 9.95. The zero-order valence-corrected chi connectivity index (χ0v) is 16.9. The van der Waals surface area contributed by atoms with Gasteiger partial charge in [0.2, 0.25) is 5.13 Å². The molecule has 0 unspecified atom stereocenters. The van der Waals surface area contributed by atoms with Crippen LogP contribution in [0, 0.1) is 5.82 Å². The summed E-state index contributed by atoms with van der Waals surface area (Å²) in [7, 11) is 1.32. The van der Waals surface area contributed by atoms with Crippen LogP contribution >= 0.6 is 11.3 Å². The third kappa shape index (κ3) is 4.65. The number of carbonyl (C=O) groups is 2. The van der Waals surface area contributed by atoms with Crippen LogP contribution in [-0.4, -0.2) is 35.7 Å². The predicted molar refractivity (Wildman–Crippen MR) is 110 cm³/mol. The molecule has 0 atom stereocenters. The number of halogens is 1. The van der Waals surface area contributed by atoms with Crippen LogP contribution in [0.1, 0.15) is 40.5 Å². The highest BCUT2D eigenvalue weighted by Gasteiger charge is 2.23. The molecule has 0 bridgehead atoms. The molecule has 1 amide bonds. The Kier molecular flexibility index (Phi) is 6.66. The van der Waals surface area contributed by atoms with E-state index in [1.165, 1.54) is 35.5 Å². The van der Waals surface area contributed by atoms with Crippen LogP contribution in [0.25, 0.3) is 10.6 Å². The summed E-state index contributed by atoms with van der Waals surface area (Å²) in [6.45, 7) is 2.43. The van der Waals surface area contributed by atoms with Gasteiger partial charge in [0.15, 0.2) is 0 Å². The SMILES string of the molecule is CCCCN(C(=O)c1ccccc1F)c1nnc(-c2ccc(C(=O)OC)cc2)s1. The van der Waals surface area contributed by atoms with E-state index in [-0.39, 0.29) is 5.56 Å². The van der Waals surface area contributed by atoms with Crippen molar-refractivity contribution >= 4 is 28.3 Å². The predicted octanol–water partition coefficient (Wildman–Crippen LogP) is 4.58. The van der Waals surface area contributed by atoms with Gasteiger partial charge in [0.05, 0.1) is 18.2 Å². The molecule has 0 radical (unpaired) electrons. The summed E-state index contributed by atoms with van der Waals surface area (Å²) in [4.78, 5) is 26.0. The summed E-state index contributed by atoms with van der Waals surface area (Å²) in [5.74, 6) is -1.43. The van der Waals surface area contributed by atoms with Crippen LogP contribution in [0.3, 0.4) is 0 Å². The fourth-order valence-corrected chi connectivity index (χ4v) is 3.56. The molecule has 2 aromatic carbocycles. The summed E-state index contributed by atoms with van der Waals surface area (Å²) in [5, 5.41) is 9.33. The maximum Gasteiger partial charge on any atom is 0.337 e. The smallest absolute Gasteiger partial charge is 0.337 e. The first-order valence-electron chi connectivity index (χ1n) is 9.13. The second-order valence-corrected chi connectivity index (χ2v) is 7.20. The molecule has 0 aliphatic rings. The van der Waals surface area contributed by atoms with Crippen molar-refractivity contribution in [1.82, 2.24) is 10.2 Å². The highest BCUT2D eigenvalue weighted by molar-refractivity contribution is 7.18. The van der Waals surface area contributed by atoms with Gasteiger partial charge in [-0.2, -0.15) is 0 Å². The quantitative estimate of drug-likeness (QED) is 0.530. The first kappa shape index (κ1) is 20.6. The number of aromatic nitrogens is 2. The van der Waals surface area contributed by atoms with E-state index >= 15 is 0 Å². The van der Waals surface area contributed by atoms with E-state index in [2.05, 4.69) is 10.2 Å². The Morgan fingerprint density at radius 1 is 1.10 bits per heavy atom. The summed E-state index contributed by atoms with van der Waals surface area (Å²) in [5.41, 5.74) is 1.19. The number of esters is 1. The lowest BCUT2D eigenvalue weighted by atomic mass is 10.1. The molecule has 150 valence electrons. The normalized spacial score (nSPS) is 10.6. The molecular weight excluding hydrogens is 393 g/mol. The van der Waals surface area contributed by atoms with Crippen molar-refractivity contribution in [2.24, 2.45) is 0 Å². The molecule has 0 saturated heterocycles. The van der Waals surface area contributed by atoms with Crippen molar-refractivity contribution in [3.05, 3.63) is 65.5 Å². The van der Waals surface area contributed by atoms with E-state index in [4.69, 9.17) is 4.74 Å². The van der Waals surface area contributed by atoms with Crippen molar-refractivity contribution in [3.63, 3.8) is 0 Å². The number of ether oxygens (including phenoxy) is 1. The fraction of sp³-hybridized carbons (Fsp3) is 0.238. The molecule has 0 spiro atoms. The molecule has 29 heavy (non-hydrogen) atoms. The van der Waals surface area contributed by atoms with Crippen LogP contribution in [0.2, 0.25) is 0 Å². The van der Waals surface area contributed by atoms with Gasteiger partial charge in [0.1, 0.15) is 10.8 Å². The van der Waals surface area contributed by atoms with Crippen LogP contribution in [0.5, 0.6) is 0 Å². The van der Waals surface area contributed by atoms with Gasteiger partial charge in [-0.05, 0) is 30.7 Å².